The quantitative estimate of drug-likeness (QED) is 0.642. The van der Waals surface area contributed by atoms with Crippen molar-refractivity contribution in [2.45, 2.75) is 33.2 Å². The van der Waals surface area contributed by atoms with E-state index in [1.54, 1.807) is 25.1 Å². The average molecular weight is 307 g/mol. The Morgan fingerprint density at radius 3 is 2.45 bits per heavy atom. The molecule has 0 aliphatic heterocycles. The van der Waals surface area contributed by atoms with Crippen molar-refractivity contribution in [3.63, 3.8) is 0 Å². The second kappa shape index (κ2) is 8.02. The van der Waals surface area contributed by atoms with E-state index >= 15 is 0 Å². The van der Waals surface area contributed by atoms with Crippen molar-refractivity contribution in [3.8, 4) is 0 Å². The van der Waals surface area contributed by atoms with E-state index in [-0.39, 0.29) is 24.9 Å². The fraction of sp³-hybridized carbons (Fsp3) is 0.400. The number of amides is 3. The Morgan fingerprint density at radius 2 is 1.91 bits per heavy atom. The van der Waals surface area contributed by atoms with Crippen molar-refractivity contribution in [2.24, 2.45) is 0 Å². The van der Waals surface area contributed by atoms with Gasteiger partial charge in [-0.3, -0.25) is 9.59 Å². The fourth-order valence-electron chi connectivity index (χ4n) is 1.79. The number of benzene rings is 1. The van der Waals surface area contributed by atoms with Gasteiger partial charge >= 0.3 is 12.0 Å². The normalized spacial score (nSPS) is 10.2. The van der Waals surface area contributed by atoms with Gasteiger partial charge in [-0.2, -0.15) is 0 Å². The van der Waals surface area contributed by atoms with E-state index in [4.69, 9.17) is 5.11 Å². The molecule has 0 spiro atoms. The van der Waals surface area contributed by atoms with E-state index in [9.17, 15) is 14.4 Å². The summed E-state index contributed by atoms with van der Waals surface area (Å²) in [5, 5.41) is 16.3. The lowest BCUT2D eigenvalue weighted by atomic mass is 10.1. The third kappa shape index (κ3) is 5.82. The molecule has 0 radical (unpaired) electrons. The zero-order valence-electron chi connectivity index (χ0n) is 12.9. The first-order chi connectivity index (χ1) is 10.3. The number of carboxylic acid groups (broad SMARTS) is 1. The third-order valence-electron chi connectivity index (χ3n) is 2.77. The van der Waals surface area contributed by atoms with Crippen LogP contribution in [-0.2, 0) is 4.79 Å². The summed E-state index contributed by atoms with van der Waals surface area (Å²) in [6.45, 7) is 5.59. The van der Waals surface area contributed by atoms with Gasteiger partial charge < -0.3 is 21.1 Å². The highest BCUT2D eigenvalue weighted by Gasteiger charge is 2.11. The molecule has 3 amide bonds. The summed E-state index contributed by atoms with van der Waals surface area (Å²) in [6, 6.07) is 4.51. The first kappa shape index (κ1) is 17.5. The Morgan fingerprint density at radius 1 is 1.23 bits per heavy atom. The Balaban J connectivity index is 2.63. The molecule has 22 heavy (non-hydrogen) atoms. The predicted molar refractivity (Wildman–Crippen MR) is 83.1 cm³/mol. The van der Waals surface area contributed by atoms with Crippen LogP contribution >= 0.6 is 0 Å². The number of aliphatic carboxylic acids is 1. The highest BCUT2D eigenvalue weighted by Crippen LogP contribution is 2.15. The van der Waals surface area contributed by atoms with E-state index < -0.39 is 12.0 Å². The molecule has 0 aliphatic carbocycles. The van der Waals surface area contributed by atoms with Gasteiger partial charge in [0.1, 0.15) is 0 Å². The minimum Gasteiger partial charge on any atom is -0.481 e. The van der Waals surface area contributed by atoms with Crippen LogP contribution in [0.5, 0.6) is 0 Å². The minimum atomic E-state index is -0.975. The standard InChI is InChI=1S/C15H21N3O4/c1-9(2)17-14(21)12-5-4-11(8-10(12)3)18-15(22)16-7-6-13(19)20/h4-5,8-9H,6-7H2,1-3H3,(H,17,21)(H,19,20)(H2,16,18,22). The van der Waals surface area contributed by atoms with Crippen molar-refractivity contribution in [1.29, 1.82) is 0 Å². The Labute approximate surface area is 129 Å². The fourth-order valence-corrected chi connectivity index (χ4v) is 1.79. The van der Waals surface area contributed by atoms with Crippen LogP contribution in [0.1, 0.15) is 36.2 Å². The summed E-state index contributed by atoms with van der Waals surface area (Å²) in [5.41, 5.74) is 1.82. The van der Waals surface area contributed by atoms with Crippen LogP contribution < -0.4 is 16.0 Å². The van der Waals surface area contributed by atoms with Crippen LogP contribution in [0.3, 0.4) is 0 Å². The molecule has 0 saturated carbocycles. The van der Waals surface area contributed by atoms with Gasteiger partial charge in [0.15, 0.2) is 0 Å². The lowest BCUT2D eigenvalue weighted by molar-refractivity contribution is -0.136. The van der Waals surface area contributed by atoms with E-state index in [1.807, 2.05) is 13.8 Å². The number of rotatable bonds is 6. The number of hydrogen-bond donors (Lipinski definition) is 4. The molecule has 0 heterocycles. The van der Waals surface area contributed by atoms with E-state index in [0.717, 1.165) is 5.56 Å². The molecule has 1 rings (SSSR count). The zero-order valence-corrected chi connectivity index (χ0v) is 12.9. The molecule has 0 unspecified atom stereocenters. The second-order valence-corrected chi connectivity index (χ2v) is 5.18. The lowest BCUT2D eigenvalue weighted by Gasteiger charge is -2.12. The van der Waals surface area contributed by atoms with Crippen LogP contribution in [0.2, 0.25) is 0 Å². The highest BCUT2D eigenvalue weighted by molar-refractivity contribution is 5.97. The highest BCUT2D eigenvalue weighted by atomic mass is 16.4. The average Bonchev–Trinajstić information content (AvgIpc) is 2.37. The second-order valence-electron chi connectivity index (χ2n) is 5.18. The summed E-state index contributed by atoms with van der Waals surface area (Å²) < 4.78 is 0. The Kier molecular flexibility index (Phi) is 6.37. The lowest BCUT2D eigenvalue weighted by Crippen LogP contribution is -2.31. The summed E-state index contributed by atoms with van der Waals surface area (Å²) in [5.74, 6) is -1.14. The van der Waals surface area contributed by atoms with Crippen LogP contribution in [0.15, 0.2) is 18.2 Å². The summed E-state index contributed by atoms with van der Waals surface area (Å²) in [7, 11) is 0. The largest absolute Gasteiger partial charge is 0.481 e. The molecule has 120 valence electrons. The number of carboxylic acids is 1. The van der Waals surface area contributed by atoms with Crippen molar-refractivity contribution in [2.75, 3.05) is 11.9 Å². The van der Waals surface area contributed by atoms with Gasteiger partial charge in [-0.05, 0) is 44.5 Å². The van der Waals surface area contributed by atoms with Gasteiger partial charge in [0, 0.05) is 23.8 Å². The smallest absolute Gasteiger partial charge is 0.319 e. The summed E-state index contributed by atoms with van der Waals surface area (Å²) >= 11 is 0. The monoisotopic (exact) mass is 307 g/mol. The molecular weight excluding hydrogens is 286 g/mol. The van der Waals surface area contributed by atoms with Crippen molar-refractivity contribution in [1.82, 2.24) is 10.6 Å². The molecule has 7 heteroatoms. The molecule has 0 bridgehead atoms. The molecule has 0 aromatic heterocycles. The van der Waals surface area contributed by atoms with E-state index in [0.29, 0.717) is 11.3 Å². The first-order valence-electron chi connectivity index (χ1n) is 6.97. The van der Waals surface area contributed by atoms with Crippen molar-refractivity contribution < 1.29 is 19.5 Å². The van der Waals surface area contributed by atoms with Crippen LogP contribution in [0.4, 0.5) is 10.5 Å². The maximum atomic E-state index is 11.9. The summed E-state index contributed by atoms with van der Waals surface area (Å²) in [6.07, 6.45) is -0.138. The molecule has 0 aliphatic rings. The van der Waals surface area contributed by atoms with Gasteiger partial charge in [-0.1, -0.05) is 0 Å². The molecule has 1 aromatic rings. The number of aryl methyl sites for hydroxylation is 1. The third-order valence-corrected chi connectivity index (χ3v) is 2.77. The number of hydrogen-bond acceptors (Lipinski definition) is 3. The molecule has 7 nitrogen and oxygen atoms in total. The van der Waals surface area contributed by atoms with Crippen molar-refractivity contribution >= 4 is 23.6 Å². The molecule has 0 saturated heterocycles. The molecule has 1 aromatic carbocycles. The zero-order chi connectivity index (χ0) is 16.7. The predicted octanol–water partition coefficient (Wildman–Crippen LogP) is 1.73. The summed E-state index contributed by atoms with van der Waals surface area (Å²) in [4.78, 5) is 33.9. The topological polar surface area (TPSA) is 108 Å². The maximum absolute atomic E-state index is 11.9. The van der Waals surface area contributed by atoms with Gasteiger partial charge in [-0.15, -0.1) is 0 Å². The molecule has 0 atom stereocenters. The minimum absolute atomic E-state index is 0.0460. The van der Waals surface area contributed by atoms with Crippen LogP contribution in [0.25, 0.3) is 0 Å². The molecule has 4 N–H and O–H groups in total. The number of carbonyl (C=O) groups excluding carboxylic acids is 2. The van der Waals surface area contributed by atoms with Gasteiger partial charge in [0.05, 0.1) is 6.42 Å². The van der Waals surface area contributed by atoms with Crippen LogP contribution in [0, 0.1) is 6.92 Å². The van der Waals surface area contributed by atoms with E-state index in [2.05, 4.69) is 16.0 Å². The van der Waals surface area contributed by atoms with Gasteiger partial charge in [-0.25, -0.2) is 4.79 Å². The van der Waals surface area contributed by atoms with E-state index in [1.165, 1.54) is 0 Å². The Bertz CT molecular complexity index is 570. The van der Waals surface area contributed by atoms with Crippen molar-refractivity contribution in [3.05, 3.63) is 29.3 Å². The number of nitrogens with one attached hydrogen (secondary N) is 3. The molecular formula is C15H21N3O4. The first-order valence-corrected chi connectivity index (χ1v) is 6.97. The van der Waals surface area contributed by atoms with Gasteiger partial charge in [0.25, 0.3) is 5.91 Å². The SMILES string of the molecule is Cc1cc(NC(=O)NCCC(=O)O)ccc1C(=O)NC(C)C. The Hall–Kier alpha value is -2.57. The molecule has 0 fully saturated rings. The number of anilines is 1. The van der Waals surface area contributed by atoms with Gasteiger partial charge in [0.2, 0.25) is 0 Å². The maximum Gasteiger partial charge on any atom is 0.319 e. The number of carbonyl (C=O) groups is 3. The van der Waals surface area contributed by atoms with Crippen LogP contribution in [-0.4, -0.2) is 35.6 Å². The number of urea groups is 1.